The Labute approximate surface area is 335 Å². The van der Waals surface area contributed by atoms with Crippen LogP contribution in [-0.2, 0) is 55.5 Å². The molecule has 322 valence electrons. The molecule has 2 aromatic rings. The van der Waals surface area contributed by atoms with E-state index in [4.69, 9.17) is 15.6 Å². The van der Waals surface area contributed by atoms with Crippen molar-refractivity contribution in [2.75, 3.05) is 43.1 Å². The van der Waals surface area contributed by atoms with E-state index in [-0.39, 0.29) is 48.7 Å². The predicted molar refractivity (Wildman–Crippen MR) is 188 cm³/mol. The number of ether oxygens (including phenoxy) is 1. The van der Waals surface area contributed by atoms with Crippen LogP contribution in [0, 0.1) is 11.3 Å². The Kier molecular flexibility index (Phi) is 17.7. The number of nitrogens with zero attached hydrogens (tertiary/aromatic N) is 4. The molecule has 7 N–H and O–H groups in total. The van der Waals surface area contributed by atoms with Gasteiger partial charge in [-0.05, 0) is 6.42 Å². The van der Waals surface area contributed by atoms with Crippen LogP contribution in [0.15, 0.2) is 12.7 Å². The maximum Gasteiger partial charge on any atom is 0.315 e. The molecule has 57 heavy (non-hydrogen) atoms. The number of hydrogen-bond acceptors (Lipinski definition) is 23. The molecule has 0 aromatic carbocycles. The third-order valence-electron chi connectivity index (χ3n) is 7.70. The number of alkyl halides is 1. The van der Waals surface area contributed by atoms with Crippen LogP contribution in [-0.4, -0.2) is 120 Å². The lowest BCUT2D eigenvalue weighted by atomic mass is 9.87. The number of thioether (sulfide) groups is 1. The van der Waals surface area contributed by atoms with Gasteiger partial charge in [-0.25, -0.2) is 19.3 Å². The molecule has 2 amide bonds. The fraction of sp³-hybridized carbons (Fsp3) is 0.654. The Morgan fingerprint density at radius 3 is 2.39 bits per heavy atom. The molecule has 0 aliphatic carbocycles. The van der Waals surface area contributed by atoms with E-state index in [0.717, 1.165) is 42.8 Å². The first kappa shape index (κ1) is 48.9. The SMILES string of the molecule is CC(C)(COP(=O)([O-])OP(=O)([O-])OCC1OC(n2cnc3c(N)ncnc32)C(O)C1OP(=O)([O-])[O-])C(O)C(=O)NCCC(=O)NCCSC(=O)C(CCBr)C(=O)O. The predicted octanol–water partition coefficient (Wildman–Crippen LogP) is -3.38. The molecule has 8 atom stereocenters. The number of fused-ring (bicyclic) bond motifs is 1. The van der Waals surface area contributed by atoms with Gasteiger partial charge in [0.15, 0.2) is 17.7 Å². The summed E-state index contributed by atoms with van der Waals surface area (Å²) in [6.07, 6.45) is -7.72. The number of amides is 2. The van der Waals surface area contributed by atoms with Crippen molar-refractivity contribution < 1.29 is 90.4 Å². The molecule has 3 rings (SSSR count). The maximum atomic E-state index is 12.5. The second-order valence-corrected chi connectivity index (χ2v) is 18.5. The molecule has 26 nitrogen and oxygen atoms in total. The zero-order valence-corrected chi connectivity index (χ0v) is 34.7. The third-order valence-corrected chi connectivity index (χ3v) is 12.1. The zero-order valence-electron chi connectivity index (χ0n) is 29.6. The topological polar surface area (TPSA) is 412 Å². The molecule has 0 bridgehead atoms. The standard InChI is InChI=1S/C26H41BrN7O19P3S/c1-26(2,19(37)22(38)30-6-4-15(35)29-7-8-57-25(41)13(3-5-27)24(39)40)10-50-56(47,48)53-55(45,46)49-9-14-18(52-54(42,43)44)17(36)23(51-14)34-12-33-16-20(28)31-11-32-21(16)34/h11-14,17-19,23,36-37H,3-10H2,1-2H3,(H,29,35)(H,30,38)(H,39,40)(H,45,46)(H,47,48)(H2,28,31,32)(H2,42,43,44)/p-4. The van der Waals surface area contributed by atoms with Gasteiger partial charge in [0.25, 0.3) is 15.6 Å². The van der Waals surface area contributed by atoms with Crippen molar-refractivity contribution in [2.45, 2.75) is 57.3 Å². The van der Waals surface area contributed by atoms with Crippen molar-refractivity contribution in [3.63, 3.8) is 0 Å². The van der Waals surface area contributed by atoms with E-state index >= 15 is 0 Å². The fourth-order valence-electron chi connectivity index (χ4n) is 4.81. The summed E-state index contributed by atoms with van der Waals surface area (Å²) in [7, 11) is -17.7. The Morgan fingerprint density at radius 2 is 1.75 bits per heavy atom. The van der Waals surface area contributed by atoms with E-state index in [2.05, 4.69) is 59.4 Å². The van der Waals surface area contributed by atoms with Gasteiger partial charge >= 0.3 is 5.97 Å². The van der Waals surface area contributed by atoms with E-state index in [1.54, 1.807) is 0 Å². The van der Waals surface area contributed by atoms with Gasteiger partial charge in [-0.15, -0.1) is 0 Å². The normalized spacial score (nSPS) is 22.0. The number of phosphoric ester groups is 3. The molecule has 0 radical (unpaired) electrons. The molecule has 2 aromatic heterocycles. The van der Waals surface area contributed by atoms with E-state index < -0.39 is 102 Å². The highest BCUT2D eigenvalue weighted by Gasteiger charge is 2.47. The number of aliphatic carboxylic acids is 1. The summed E-state index contributed by atoms with van der Waals surface area (Å²) >= 11 is 3.81. The van der Waals surface area contributed by atoms with Crippen molar-refractivity contribution in [1.82, 2.24) is 30.2 Å². The van der Waals surface area contributed by atoms with E-state index in [0.29, 0.717) is 5.33 Å². The van der Waals surface area contributed by atoms with Gasteiger partial charge in [-0.2, -0.15) is 0 Å². The van der Waals surface area contributed by atoms with Crippen LogP contribution < -0.4 is 35.9 Å². The summed E-state index contributed by atoms with van der Waals surface area (Å²) in [4.78, 5) is 107. The first-order valence-corrected chi connectivity index (χ1v) is 22.6. The summed E-state index contributed by atoms with van der Waals surface area (Å²) in [5, 5.41) is 34.9. The van der Waals surface area contributed by atoms with E-state index in [1.165, 1.54) is 0 Å². The minimum absolute atomic E-state index is 0.00472. The molecule has 1 fully saturated rings. The van der Waals surface area contributed by atoms with Crippen molar-refractivity contribution in [2.24, 2.45) is 11.3 Å². The molecular weight excluding hydrogens is 919 g/mol. The van der Waals surface area contributed by atoms with Crippen LogP contribution in [0.4, 0.5) is 5.82 Å². The average molecular weight is 957 g/mol. The number of phosphoric acid groups is 3. The quantitative estimate of drug-likeness (QED) is 0.0274. The molecule has 3 heterocycles. The second kappa shape index (κ2) is 20.7. The van der Waals surface area contributed by atoms with Crippen LogP contribution in [0.2, 0.25) is 0 Å². The third kappa shape index (κ3) is 14.6. The number of aromatic nitrogens is 4. The number of halogens is 1. The number of carbonyl (C=O) groups is 4. The first-order chi connectivity index (χ1) is 26.4. The largest absolute Gasteiger partial charge is 0.790 e. The van der Waals surface area contributed by atoms with E-state index in [9.17, 15) is 62.7 Å². The van der Waals surface area contributed by atoms with Crippen LogP contribution in [0.1, 0.15) is 32.9 Å². The second-order valence-electron chi connectivity index (χ2n) is 12.5. The lowest BCUT2D eigenvalue weighted by Crippen LogP contribution is -2.46. The molecule has 31 heteroatoms. The molecule has 0 spiro atoms. The number of imidazole rings is 1. The Hall–Kier alpha value is -2.49. The molecule has 1 saturated heterocycles. The summed E-state index contributed by atoms with van der Waals surface area (Å²) in [6.45, 7) is -0.288. The number of nitrogens with one attached hydrogen (secondary N) is 2. The average Bonchev–Trinajstić information content (AvgIpc) is 3.66. The molecule has 8 unspecified atom stereocenters. The zero-order chi connectivity index (χ0) is 42.9. The van der Waals surface area contributed by atoms with Crippen LogP contribution in [0.5, 0.6) is 0 Å². The highest BCUT2D eigenvalue weighted by Crippen LogP contribution is 2.56. The Bertz CT molecular complexity index is 1910. The van der Waals surface area contributed by atoms with Gasteiger partial charge in [-0.3, -0.25) is 32.9 Å². The Morgan fingerprint density at radius 1 is 1.09 bits per heavy atom. The van der Waals surface area contributed by atoms with Gasteiger partial charge in [0, 0.05) is 36.0 Å². The fourth-order valence-corrected chi connectivity index (χ4v) is 8.83. The highest BCUT2D eigenvalue weighted by molar-refractivity contribution is 9.09. The highest BCUT2D eigenvalue weighted by atomic mass is 79.9. The maximum absolute atomic E-state index is 12.5. The van der Waals surface area contributed by atoms with Crippen molar-refractivity contribution in [1.29, 1.82) is 0 Å². The van der Waals surface area contributed by atoms with Gasteiger partial charge in [0.2, 0.25) is 16.9 Å². The van der Waals surface area contributed by atoms with Gasteiger partial charge < -0.3 is 74.1 Å². The Balaban J connectivity index is 1.49. The van der Waals surface area contributed by atoms with Crippen LogP contribution >= 0.6 is 51.2 Å². The summed E-state index contributed by atoms with van der Waals surface area (Å²) in [5.41, 5.74) is 3.99. The smallest absolute Gasteiger partial charge is 0.315 e. The number of aliphatic hydroxyl groups excluding tert-OH is 2. The number of rotatable bonds is 23. The summed E-state index contributed by atoms with van der Waals surface area (Å²) < 4.78 is 60.4. The number of carboxylic acids is 1. The lowest BCUT2D eigenvalue weighted by Gasteiger charge is -2.36. The molecule has 1 aliphatic heterocycles. The number of carboxylic acid groups (broad SMARTS) is 1. The van der Waals surface area contributed by atoms with Crippen molar-refractivity contribution >= 4 is 91.0 Å². The monoisotopic (exact) mass is 955 g/mol. The first-order valence-electron chi connectivity index (χ1n) is 16.2. The summed E-state index contributed by atoms with van der Waals surface area (Å²) in [6, 6.07) is 0. The van der Waals surface area contributed by atoms with Crippen molar-refractivity contribution in [3.05, 3.63) is 12.7 Å². The number of nitrogen functional groups attached to an aromatic ring is 1. The summed E-state index contributed by atoms with van der Waals surface area (Å²) in [5.74, 6) is -4.11. The number of anilines is 1. The lowest BCUT2D eigenvalue weighted by molar-refractivity contribution is -0.347. The van der Waals surface area contributed by atoms with E-state index in [1.807, 2.05) is 0 Å². The number of carbonyl (C=O) groups excluding carboxylic acids is 3. The van der Waals surface area contributed by atoms with Crippen molar-refractivity contribution in [3.8, 4) is 0 Å². The molecular formula is C26H37BrN7O19P3S-4. The van der Waals surface area contributed by atoms with Gasteiger partial charge in [0.05, 0.1) is 27.4 Å². The number of hydrogen-bond donors (Lipinski definition) is 6. The minimum Gasteiger partial charge on any atom is -0.790 e. The number of aliphatic hydroxyl groups is 2. The van der Waals surface area contributed by atoms with Gasteiger partial charge in [-0.1, -0.05) is 41.5 Å². The van der Waals surface area contributed by atoms with Crippen LogP contribution in [0.3, 0.4) is 0 Å². The molecule has 0 saturated carbocycles. The van der Waals surface area contributed by atoms with Gasteiger partial charge in [0.1, 0.15) is 42.2 Å². The van der Waals surface area contributed by atoms with Crippen LogP contribution in [0.25, 0.3) is 11.2 Å². The molecule has 1 aliphatic rings. The number of nitrogens with two attached hydrogens (primary N) is 1. The minimum atomic E-state index is -5.94.